The highest BCUT2D eigenvalue weighted by Gasteiger charge is 2.19. The van der Waals surface area contributed by atoms with E-state index >= 15 is 0 Å². The molecule has 6 heteroatoms. The summed E-state index contributed by atoms with van der Waals surface area (Å²) in [6.45, 7) is 6.44. The van der Waals surface area contributed by atoms with Crippen molar-refractivity contribution in [3.05, 3.63) is 60.8 Å². The van der Waals surface area contributed by atoms with E-state index in [1.807, 2.05) is 0 Å². The third kappa shape index (κ3) is 44.1. The molecule has 0 aliphatic rings. The number of allylic oxidation sites excluding steroid dienone is 10. The zero-order valence-corrected chi connectivity index (χ0v) is 37.3. The van der Waals surface area contributed by atoms with Crippen LogP contribution in [-0.2, 0) is 28.6 Å². The van der Waals surface area contributed by atoms with Gasteiger partial charge in [0.25, 0.3) is 0 Å². The van der Waals surface area contributed by atoms with Crippen LogP contribution in [0.2, 0.25) is 0 Å². The van der Waals surface area contributed by atoms with E-state index in [4.69, 9.17) is 14.2 Å². The van der Waals surface area contributed by atoms with Crippen molar-refractivity contribution in [2.75, 3.05) is 13.2 Å². The molecule has 0 aromatic carbocycles. The summed E-state index contributed by atoms with van der Waals surface area (Å²) in [6.07, 6.45) is 55.1. The maximum absolute atomic E-state index is 12.7. The number of hydrogen-bond donors (Lipinski definition) is 0. The summed E-state index contributed by atoms with van der Waals surface area (Å²) < 4.78 is 16.6. The van der Waals surface area contributed by atoms with Crippen LogP contribution in [0.25, 0.3) is 0 Å². The molecule has 0 aliphatic carbocycles. The molecule has 0 heterocycles. The fourth-order valence-electron chi connectivity index (χ4n) is 6.47. The quantitative estimate of drug-likeness (QED) is 0.0265. The Hall–Kier alpha value is -2.89. The van der Waals surface area contributed by atoms with Crippen molar-refractivity contribution in [2.45, 2.75) is 232 Å². The van der Waals surface area contributed by atoms with Crippen molar-refractivity contribution in [3.63, 3.8) is 0 Å². The topological polar surface area (TPSA) is 78.9 Å². The Morgan fingerprint density at radius 2 is 0.684 bits per heavy atom. The molecule has 0 aromatic rings. The molecule has 1 unspecified atom stereocenters. The van der Waals surface area contributed by atoms with Crippen LogP contribution < -0.4 is 0 Å². The number of esters is 3. The minimum absolute atomic E-state index is 0.0793. The highest BCUT2D eigenvalue weighted by Crippen LogP contribution is 2.14. The van der Waals surface area contributed by atoms with E-state index in [0.29, 0.717) is 19.3 Å². The lowest BCUT2D eigenvalue weighted by molar-refractivity contribution is -0.167. The summed E-state index contributed by atoms with van der Waals surface area (Å²) in [7, 11) is 0. The average Bonchev–Trinajstić information content (AvgIpc) is 3.21. The Kier molecular flexibility index (Phi) is 43.5. The average molecular weight is 797 g/mol. The minimum Gasteiger partial charge on any atom is -0.462 e. The Morgan fingerprint density at radius 1 is 0.368 bits per heavy atom. The molecule has 57 heavy (non-hydrogen) atoms. The molecule has 0 aromatic heterocycles. The molecule has 0 radical (unpaired) electrons. The minimum atomic E-state index is -0.775. The van der Waals surface area contributed by atoms with Crippen LogP contribution in [0.1, 0.15) is 226 Å². The van der Waals surface area contributed by atoms with Crippen LogP contribution in [0.5, 0.6) is 0 Å². The van der Waals surface area contributed by atoms with Crippen LogP contribution >= 0.6 is 0 Å². The van der Waals surface area contributed by atoms with Crippen molar-refractivity contribution in [2.24, 2.45) is 0 Å². The molecule has 1 atom stereocenters. The summed E-state index contributed by atoms with van der Waals surface area (Å²) >= 11 is 0. The fraction of sp³-hybridized carbons (Fsp3) is 0.745. The molecular weight excluding hydrogens is 709 g/mol. The molecule has 0 N–H and O–H groups in total. The van der Waals surface area contributed by atoms with Gasteiger partial charge in [-0.3, -0.25) is 14.4 Å². The van der Waals surface area contributed by atoms with Crippen LogP contribution in [-0.4, -0.2) is 37.2 Å². The van der Waals surface area contributed by atoms with Gasteiger partial charge in [-0.2, -0.15) is 0 Å². The second kappa shape index (κ2) is 45.8. The maximum atomic E-state index is 12.7. The van der Waals surface area contributed by atoms with Gasteiger partial charge in [0.15, 0.2) is 6.10 Å². The number of hydrogen-bond acceptors (Lipinski definition) is 6. The molecule has 0 spiro atoms. The second-order valence-electron chi connectivity index (χ2n) is 15.6. The lowest BCUT2D eigenvalue weighted by Gasteiger charge is -2.18. The van der Waals surface area contributed by atoms with E-state index in [1.54, 1.807) is 0 Å². The number of unbranched alkanes of at least 4 members (excludes halogenated alkanes) is 21. The van der Waals surface area contributed by atoms with Gasteiger partial charge in [-0.15, -0.1) is 0 Å². The van der Waals surface area contributed by atoms with Crippen molar-refractivity contribution in [1.29, 1.82) is 0 Å². The molecular formula is C51H88O6. The van der Waals surface area contributed by atoms with Gasteiger partial charge < -0.3 is 14.2 Å². The van der Waals surface area contributed by atoms with E-state index in [9.17, 15) is 14.4 Å². The van der Waals surface area contributed by atoms with Gasteiger partial charge >= 0.3 is 17.9 Å². The first-order valence-corrected chi connectivity index (χ1v) is 23.8. The first-order valence-electron chi connectivity index (χ1n) is 23.8. The van der Waals surface area contributed by atoms with Crippen molar-refractivity contribution >= 4 is 17.9 Å². The van der Waals surface area contributed by atoms with Gasteiger partial charge in [0.1, 0.15) is 13.2 Å². The van der Waals surface area contributed by atoms with Crippen LogP contribution in [0, 0.1) is 0 Å². The molecule has 328 valence electrons. The van der Waals surface area contributed by atoms with Crippen molar-refractivity contribution < 1.29 is 28.6 Å². The van der Waals surface area contributed by atoms with E-state index < -0.39 is 6.10 Å². The smallest absolute Gasteiger partial charge is 0.306 e. The SMILES string of the molecule is CC/C=C\C/C=C\C/C=C\C/C=C\C/C=C\CCCCCCCC(=O)OCC(COC(=O)CCCCCCCC)OC(=O)CCCCCCCCCCCCCC. The van der Waals surface area contributed by atoms with Gasteiger partial charge in [-0.25, -0.2) is 0 Å². The van der Waals surface area contributed by atoms with Gasteiger partial charge in [-0.05, 0) is 64.2 Å². The Balaban J connectivity index is 4.25. The molecule has 0 amide bonds. The molecule has 0 bridgehead atoms. The first-order chi connectivity index (χ1) is 28.0. The zero-order valence-electron chi connectivity index (χ0n) is 37.3. The van der Waals surface area contributed by atoms with Gasteiger partial charge in [0, 0.05) is 19.3 Å². The summed E-state index contributed by atoms with van der Waals surface area (Å²) in [6, 6.07) is 0. The molecule has 0 saturated heterocycles. The highest BCUT2D eigenvalue weighted by atomic mass is 16.6. The summed E-state index contributed by atoms with van der Waals surface area (Å²) in [5.41, 5.74) is 0. The van der Waals surface area contributed by atoms with Crippen LogP contribution in [0.3, 0.4) is 0 Å². The summed E-state index contributed by atoms with van der Waals surface area (Å²) in [4.78, 5) is 37.6. The highest BCUT2D eigenvalue weighted by molar-refractivity contribution is 5.71. The van der Waals surface area contributed by atoms with Crippen molar-refractivity contribution in [1.82, 2.24) is 0 Å². The van der Waals surface area contributed by atoms with E-state index in [-0.39, 0.29) is 31.1 Å². The number of carbonyl (C=O) groups excluding carboxylic acids is 3. The normalized spacial score (nSPS) is 12.5. The predicted molar refractivity (Wildman–Crippen MR) is 242 cm³/mol. The monoisotopic (exact) mass is 797 g/mol. The summed E-state index contributed by atoms with van der Waals surface area (Å²) in [5, 5.41) is 0. The third-order valence-electron chi connectivity index (χ3n) is 10.0. The first kappa shape index (κ1) is 54.1. The Morgan fingerprint density at radius 3 is 1.07 bits per heavy atom. The maximum Gasteiger partial charge on any atom is 0.306 e. The fourth-order valence-corrected chi connectivity index (χ4v) is 6.47. The zero-order chi connectivity index (χ0) is 41.5. The largest absolute Gasteiger partial charge is 0.462 e. The van der Waals surface area contributed by atoms with Crippen molar-refractivity contribution in [3.8, 4) is 0 Å². The predicted octanol–water partition coefficient (Wildman–Crippen LogP) is 15.3. The molecule has 0 aliphatic heterocycles. The third-order valence-corrected chi connectivity index (χ3v) is 10.0. The van der Waals surface area contributed by atoms with Gasteiger partial charge in [0.05, 0.1) is 0 Å². The lowest BCUT2D eigenvalue weighted by Crippen LogP contribution is -2.30. The van der Waals surface area contributed by atoms with E-state index in [2.05, 4.69) is 81.5 Å². The van der Waals surface area contributed by atoms with E-state index in [0.717, 1.165) is 109 Å². The van der Waals surface area contributed by atoms with Gasteiger partial charge in [0.2, 0.25) is 0 Å². The Labute approximate surface area is 351 Å². The molecule has 0 saturated carbocycles. The lowest BCUT2D eigenvalue weighted by atomic mass is 10.0. The van der Waals surface area contributed by atoms with Gasteiger partial charge in [-0.1, -0.05) is 204 Å². The number of rotatable bonds is 42. The molecule has 6 nitrogen and oxygen atoms in total. The van der Waals surface area contributed by atoms with Crippen LogP contribution in [0.15, 0.2) is 60.8 Å². The summed E-state index contributed by atoms with van der Waals surface area (Å²) in [5.74, 6) is -0.908. The molecule has 0 fully saturated rings. The standard InChI is InChI=1S/C51H88O6/c1-4-7-10-13-16-18-20-22-23-24-25-26-27-28-29-30-32-33-35-38-41-44-50(53)56-47-48(46-55-49(52)43-40-37-15-12-9-6-3)57-51(54)45-42-39-36-34-31-21-19-17-14-11-8-5-2/h7,10,16,18,22-23,25-26,28-29,48H,4-6,8-9,11-15,17,19-21,24,27,30-47H2,1-3H3/b10-7-,18-16-,23-22-,26-25-,29-28-. The van der Waals surface area contributed by atoms with E-state index in [1.165, 1.54) is 77.0 Å². The number of ether oxygens (including phenoxy) is 3. The molecule has 0 rings (SSSR count). The Bertz CT molecular complexity index is 1050. The number of carbonyl (C=O) groups is 3. The van der Waals surface area contributed by atoms with Crippen LogP contribution in [0.4, 0.5) is 0 Å². The second-order valence-corrected chi connectivity index (χ2v) is 15.6.